The molecule has 1 unspecified atom stereocenters. The second-order valence-electron chi connectivity index (χ2n) is 5.09. The number of benzene rings is 1. The van der Waals surface area contributed by atoms with Crippen molar-refractivity contribution in [3.8, 4) is 11.5 Å². The van der Waals surface area contributed by atoms with Crippen molar-refractivity contribution in [3.63, 3.8) is 0 Å². The summed E-state index contributed by atoms with van der Waals surface area (Å²) in [5.74, 6) is 0.935. The van der Waals surface area contributed by atoms with Crippen molar-refractivity contribution in [3.05, 3.63) is 36.4 Å². The number of nitrogens with zero attached hydrogens (tertiary/aromatic N) is 5. The summed E-state index contributed by atoms with van der Waals surface area (Å²) in [6.07, 6.45) is 3.31. The lowest BCUT2D eigenvalue weighted by molar-refractivity contribution is 0.357. The monoisotopic (exact) mass is 284 g/mol. The van der Waals surface area contributed by atoms with Gasteiger partial charge in [-0.05, 0) is 32.3 Å². The molecule has 0 aliphatic carbocycles. The van der Waals surface area contributed by atoms with Gasteiger partial charge in [-0.15, -0.1) is 0 Å². The highest BCUT2D eigenvalue weighted by molar-refractivity contribution is 5.79. The summed E-state index contributed by atoms with van der Waals surface area (Å²) in [5, 5.41) is 3.95. The van der Waals surface area contributed by atoms with E-state index in [2.05, 4.69) is 20.1 Å². The van der Waals surface area contributed by atoms with Crippen molar-refractivity contribution in [2.24, 2.45) is 5.73 Å². The molecule has 0 radical (unpaired) electrons. The number of hydrogen-bond donors (Lipinski definition) is 1. The summed E-state index contributed by atoms with van der Waals surface area (Å²) in [7, 11) is 3.89. The molecule has 3 aromatic rings. The van der Waals surface area contributed by atoms with Crippen LogP contribution >= 0.6 is 0 Å². The topological polar surface area (TPSA) is 94.0 Å². The van der Waals surface area contributed by atoms with Crippen LogP contribution in [0.25, 0.3) is 22.5 Å². The molecule has 3 rings (SSSR count). The second kappa shape index (κ2) is 5.55. The van der Waals surface area contributed by atoms with Crippen LogP contribution in [0.15, 0.2) is 35.1 Å². The van der Waals surface area contributed by atoms with E-state index in [9.17, 15) is 0 Å². The minimum absolute atomic E-state index is 0.280. The van der Waals surface area contributed by atoms with Gasteiger partial charge in [0, 0.05) is 24.5 Å². The Kier molecular flexibility index (Phi) is 3.59. The third-order valence-electron chi connectivity index (χ3n) is 3.05. The first-order chi connectivity index (χ1) is 10.1. The lowest BCUT2D eigenvalue weighted by Crippen LogP contribution is -2.26. The van der Waals surface area contributed by atoms with Gasteiger partial charge < -0.3 is 15.2 Å². The third-order valence-corrected chi connectivity index (χ3v) is 3.05. The molecular weight excluding hydrogens is 268 g/mol. The zero-order chi connectivity index (χ0) is 14.8. The standard InChI is InChI=1S/C14H16N6O/c1-20(2)8-10(15)13-18-14(21-19-13)9-3-4-11-12(7-9)17-6-5-16-11/h3-7,10H,8,15H2,1-2H3. The molecule has 0 amide bonds. The average Bonchev–Trinajstić information content (AvgIpc) is 2.96. The third kappa shape index (κ3) is 2.88. The molecule has 1 atom stereocenters. The van der Waals surface area contributed by atoms with Crippen LogP contribution in [0.1, 0.15) is 11.9 Å². The Morgan fingerprint density at radius 1 is 1.19 bits per heavy atom. The zero-order valence-corrected chi connectivity index (χ0v) is 11.9. The molecular formula is C14H16N6O. The van der Waals surface area contributed by atoms with Crippen LogP contribution in [0.4, 0.5) is 0 Å². The van der Waals surface area contributed by atoms with E-state index in [1.165, 1.54) is 0 Å². The van der Waals surface area contributed by atoms with Crippen molar-refractivity contribution in [1.29, 1.82) is 0 Å². The van der Waals surface area contributed by atoms with Crippen LogP contribution in [0.5, 0.6) is 0 Å². The van der Waals surface area contributed by atoms with Crippen molar-refractivity contribution in [1.82, 2.24) is 25.0 Å². The van der Waals surface area contributed by atoms with Gasteiger partial charge in [-0.2, -0.15) is 4.98 Å². The second-order valence-corrected chi connectivity index (χ2v) is 5.09. The van der Waals surface area contributed by atoms with Gasteiger partial charge >= 0.3 is 0 Å². The molecule has 0 bridgehead atoms. The van der Waals surface area contributed by atoms with E-state index in [4.69, 9.17) is 10.3 Å². The Labute approximate surface area is 121 Å². The predicted molar refractivity (Wildman–Crippen MR) is 78.3 cm³/mol. The first kappa shape index (κ1) is 13.6. The van der Waals surface area contributed by atoms with E-state index in [-0.39, 0.29) is 6.04 Å². The molecule has 0 saturated carbocycles. The Hall–Kier alpha value is -2.38. The van der Waals surface area contributed by atoms with E-state index < -0.39 is 0 Å². The van der Waals surface area contributed by atoms with Crippen molar-refractivity contribution < 1.29 is 4.52 Å². The zero-order valence-electron chi connectivity index (χ0n) is 11.9. The first-order valence-corrected chi connectivity index (χ1v) is 6.58. The van der Waals surface area contributed by atoms with E-state index in [1.54, 1.807) is 12.4 Å². The molecule has 2 N–H and O–H groups in total. The molecule has 0 spiro atoms. The van der Waals surface area contributed by atoms with Gasteiger partial charge in [-0.1, -0.05) is 5.16 Å². The summed E-state index contributed by atoms with van der Waals surface area (Å²) in [6.45, 7) is 0.655. The van der Waals surface area contributed by atoms with E-state index >= 15 is 0 Å². The van der Waals surface area contributed by atoms with E-state index in [0.717, 1.165) is 16.6 Å². The molecule has 7 nitrogen and oxygen atoms in total. The van der Waals surface area contributed by atoms with Gasteiger partial charge in [0.25, 0.3) is 5.89 Å². The van der Waals surface area contributed by atoms with Crippen LogP contribution in [0, 0.1) is 0 Å². The van der Waals surface area contributed by atoms with E-state index in [1.807, 2.05) is 37.2 Å². The molecule has 2 heterocycles. The minimum atomic E-state index is -0.280. The normalized spacial score (nSPS) is 13.0. The van der Waals surface area contributed by atoms with Gasteiger partial charge in [0.1, 0.15) is 0 Å². The Balaban J connectivity index is 1.90. The van der Waals surface area contributed by atoms with Crippen LogP contribution in [-0.2, 0) is 0 Å². The highest BCUT2D eigenvalue weighted by Crippen LogP contribution is 2.22. The lowest BCUT2D eigenvalue weighted by atomic mass is 10.2. The maximum Gasteiger partial charge on any atom is 0.258 e. The molecule has 21 heavy (non-hydrogen) atoms. The molecule has 0 saturated heterocycles. The van der Waals surface area contributed by atoms with Gasteiger partial charge in [-0.25, -0.2) is 0 Å². The Morgan fingerprint density at radius 3 is 2.71 bits per heavy atom. The van der Waals surface area contributed by atoms with Crippen molar-refractivity contribution in [2.75, 3.05) is 20.6 Å². The molecule has 108 valence electrons. The number of hydrogen-bond acceptors (Lipinski definition) is 7. The summed E-state index contributed by atoms with van der Waals surface area (Å²) < 4.78 is 5.29. The minimum Gasteiger partial charge on any atom is -0.334 e. The largest absolute Gasteiger partial charge is 0.334 e. The number of fused-ring (bicyclic) bond motifs is 1. The van der Waals surface area contributed by atoms with Crippen molar-refractivity contribution in [2.45, 2.75) is 6.04 Å². The summed E-state index contributed by atoms with van der Waals surface area (Å²) in [5.41, 5.74) is 8.44. The number of aromatic nitrogens is 4. The number of nitrogens with two attached hydrogens (primary N) is 1. The Morgan fingerprint density at radius 2 is 1.95 bits per heavy atom. The number of rotatable bonds is 4. The first-order valence-electron chi connectivity index (χ1n) is 6.58. The van der Waals surface area contributed by atoms with Crippen LogP contribution in [-0.4, -0.2) is 45.6 Å². The van der Waals surface area contributed by atoms with Gasteiger partial charge in [0.15, 0.2) is 5.82 Å². The van der Waals surface area contributed by atoms with Crippen molar-refractivity contribution >= 4 is 11.0 Å². The molecule has 0 aliphatic rings. The van der Waals surface area contributed by atoms with E-state index in [0.29, 0.717) is 18.3 Å². The molecule has 7 heteroatoms. The summed E-state index contributed by atoms with van der Waals surface area (Å²) in [6, 6.07) is 5.35. The average molecular weight is 284 g/mol. The fourth-order valence-electron chi connectivity index (χ4n) is 2.07. The highest BCUT2D eigenvalue weighted by Gasteiger charge is 2.16. The number of likely N-dealkylation sites (N-methyl/N-ethyl adjacent to an activating group) is 1. The van der Waals surface area contributed by atoms with Crippen LogP contribution in [0.2, 0.25) is 0 Å². The maximum atomic E-state index is 6.03. The predicted octanol–water partition coefficient (Wildman–Crippen LogP) is 1.24. The Bertz CT molecular complexity index is 754. The van der Waals surface area contributed by atoms with Gasteiger partial charge in [0.2, 0.25) is 0 Å². The maximum absolute atomic E-state index is 6.03. The van der Waals surface area contributed by atoms with Crippen LogP contribution < -0.4 is 5.73 Å². The summed E-state index contributed by atoms with van der Waals surface area (Å²) >= 11 is 0. The fourth-order valence-corrected chi connectivity index (χ4v) is 2.07. The quantitative estimate of drug-likeness (QED) is 0.770. The summed E-state index contributed by atoms with van der Waals surface area (Å²) in [4.78, 5) is 14.8. The highest BCUT2D eigenvalue weighted by atomic mass is 16.5. The smallest absolute Gasteiger partial charge is 0.258 e. The molecule has 0 aliphatic heterocycles. The lowest BCUT2D eigenvalue weighted by Gasteiger charge is -2.12. The molecule has 1 aromatic carbocycles. The molecule has 0 fully saturated rings. The molecule has 2 aromatic heterocycles. The fraction of sp³-hybridized carbons (Fsp3) is 0.286. The van der Waals surface area contributed by atoms with Crippen LogP contribution in [0.3, 0.4) is 0 Å². The SMILES string of the molecule is CN(C)CC(N)c1noc(-c2ccc3nccnc3c2)n1. The van der Waals surface area contributed by atoms with Gasteiger partial charge in [0.05, 0.1) is 17.1 Å². The van der Waals surface area contributed by atoms with Gasteiger partial charge in [-0.3, -0.25) is 9.97 Å².